The highest BCUT2D eigenvalue weighted by Crippen LogP contribution is 2.41. The molecule has 0 aliphatic carbocycles. The van der Waals surface area contributed by atoms with Crippen LogP contribution >= 0.6 is 0 Å². The molecule has 0 bridgehead atoms. The molecular weight excluding hydrogens is 260 g/mol. The van der Waals surface area contributed by atoms with Crippen LogP contribution in [-0.4, -0.2) is 19.0 Å². The van der Waals surface area contributed by atoms with Crippen molar-refractivity contribution < 1.29 is 23.8 Å². The minimum Gasteiger partial charge on any atom is -0.496 e. The lowest BCUT2D eigenvalue weighted by molar-refractivity contribution is -0.134. The van der Waals surface area contributed by atoms with Gasteiger partial charge in [0.2, 0.25) is 0 Å². The van der Waals surface area contributed by atoms with Crippen molar-refractivity contribution in [1.29, 1.82) is 0 Å². The van der Waals surface area contributed by atoms with E-state index in [2.05, 4.69) is 0 Å². The Hall–Kier alpha value is -2.56. The lowest BCUT2D eigenvalue weighted by Gasteiger charge is -2.14. The van der Waals surface area contributed by atoms with Crippen LogP contribution in [0.1, 0.15) is 13.8 Å². The Kier molecular flexibility index (Phi) is 3.89. The molecule has 0 fully saturated rings. The number of carbonyl (C=O) groups excluding carboxylic acids is 2. The van der Waals surface area contributed by atoms with Crippen molar-refractivity contribution >= 4 is 22.7 Å². The molecule has 0 aromatic heterocycles. The summed E-state index contributed by atoms with van der Waals surface area (Å²) < 4.78 is 15.6. The molecule has 5 nitrogen and oxygen atoms in total. The molecule has 0 radical (unpaired) electrons. The number of esters is 2. The second-order valence-corrected chi connectivity index (χ2v) is 4.14. The summed E-state index contributed by atoms with van der Waals surface area (Å²) in [5, 5.41) is 1.40. The molecular formula is C15H14O5. The first-order valence-electron chi connectivity index (χ1n) is 5.99. The molecule has 2 aromatic rings. The van der Waals surface area contributed by atoms with Gasteiger partial charge in [-0.25, -0.2) is 0 Å². The maximum atomic E-state index is 11.3. The Morgan fingerprint density at radius 3 is 2.05 bits per heavy atom. The molecule has 0 amide bonds. The molecule has 0 spiro atoms. The number of methoxy groups -OCH3 is 1. The topological polar surface area (TPSA) is 61.8 Å². The molecule has 0 N–H and O–H groups in total. The minimum atomic E-state index is -0.504. The van der Waals surface area contributed by atoms with E-state index >= 15 is 0 Å². The molecule has 104 valence electrons. The normalized spacial score (nSPS) is 10.2. The largest absolute Gasteiger partial charge is 0.496 e. The zero-order valence-corrected chi connectivity index (χ0v) is 11.4. The van der Waals surface area contributed by atoms with Gasteiger partial charge in [-0.3, -0.25) is 9.59 Å². The summed E-state index contributed by atoms with van der Waals surface area (Å²) in [6.45, 7) is 2.57. The van der Waals surface area contributed by atoms with E-state index in [9.17, 15) is 9.59 Å². The van der Waals surface area contributed by atoms with Gasteiger partial charge in [-0.15, -0.1) is 0 Å². The van der Waals surface area contributed by atoms with E-state index in [1.54, 1.807) is 12.1 Å². The van der Waals surface area contributed by atoms with Crippen LogP contribution in [0.5, 0.6) is 17.2 Å². The predicted molar refractivity (Wildman–Crippen MR) is 73.1 cm³/mol. The third kappa shape index (κ3) is 2.71. The van der Waals surface area contributed by atoms with Crippen LogP contribution in [0, 0.1) is 0 Å². The fourth-order valence-electron chi connectivity index (χ4n) is 1.94. The van der Waals surface area contributed by atoms with Crippen molar-refractivity contribution in [2.45, 2.75) is 13.8 Å². The second-order valence-electron chi connectivity index (χ2n) is 4.14. The zero-order chi connectivity index (χ0) is 14.7. The van der Waals surface area contributed by atoms with Gasteiger partial charge in [0.1, 0.15) is 5.75 Å². The maximum absolute atomic E-state index is 11.3. The van der Waals surface area contributed by atoms with Gasteiger partial charge in [0.15, 0.2) is 11.5 Å². The molecule has 0 unspecified atom stereocenters. The molecule has 0 saturated heterocycles. The Morgan fingerprint density at radius 1 is 0.900 bits per heavy atom. The first kappa shape index (κ1) is 13.9. The number of carbonyl (C=O) groups is 2. The third-order valence-electron chi connectivity index (χ3n) is 2.64. The zero-order valence-electron chi connectivity index (χ0n) is 11.4. The lowest BCUT2D eigenvalue weighted by Crippen LogP contribution is -2.08. The predicted octanol–water partition coefficient (Wildman–Crippen LogP) is 2.70. The fourth-order valence-corrected chi connectivity index (χ4v) is 1.94. The number of hydrogen-bond acceptors (Lipinski definition) is 5. The first-order valence-corrected chi connectivity index (χ1v) is 5.99. The highest BCUT2D eigenvalue weighted by molar-refractivity contribution is 5.97. The van der Waals surface area contributed by atoms with Crippen LogP contribution < -0.4 is 14.2 Å². The molecule has 2 rings (SSSR count). The monoisotopic (exact) mass is 274 g/mol. The van der Waals surface area contributed by atoms with Crippen LogP contribution in [0.15, 0.2) is 30.3 Å². The van der Waals surface area contributed by atoms with Gasteiger partial charge in [0, 0.05) is 30.7 Å². The van der Waals surface area contributed by atoms with Crippen LogP contribution in [-0.2, 0) is 9.59 Å². The average Bonchev–Trinajstić information content (AvgIpc) is 2.40. The van der Waals surface area contributed by atoms with E-state index < -0.39 is 11.9 Å². The molecule has 0 aliphatic rings. The van der Waals surface area contributed by atoms with Crippen molar-refractivity contribution in [1.82, 2.24) is 0 Å². The first-order chi connectivity index (χ1) is 9.52. The third-order valence-corrected chi connectivity index (χ3v) is 2.64. The Bertz CT molecular complexity index is 675. The van der Waals surface area contributed by atoms with Crippen molar-refractivity contribution in [2.75, 3.05) is 7.11 Å². The molecule has 0 atom stereocenters. The van der Waals surface area contributed by atoms with Gasteiger partial charge in [-0.2, -0.15) is 0 Å². The quantitative estimate of drug-likeness (QED) is 0.636. The van der Waals surface area contributed by atoms with Crippen LogP contribution in [0.25, 0.3) is 10.8 Å². The van der Waals surface area contributed by atoms with E-state index in [1.807, 2.05) is 12.1 Å². The van der Waals surface area contributed by atoms with E-state index in [0.29, 0.717) is 11.1 Å². The van der Waals surface area contributed by atoms with Crippen LogP contribution in [0.2, 0.25) is 0 Å². The number of fused-ring (bicyclic) bond motifs is 1. The van der Waals surface area contributed by atoms with Gasteiger partial charge >= 0.3 is 11.9 Å². The molecule has 20 heavy (non-hydrogen) atoms. The van der Waals surface area contributed by atoms with Gasteiger partial charge in [-0.1, -0.05) is 24.3 Å². The summed E-state index contributed by atoms with van der Waals surface area (Å²) >= 11 is 0. The number of rotatable bonds is 3. The van der Waals surface area contributed by atoms with Crippen molar-refractivity contribution in [2.24, 2.45) is 0 Å². The van der Waals surface area contributed by atoms with Gasteiger partial charge in [0.25, 0.3) is 0 Å². The summed E-state index contributed by atoms with van der Waals surface area (Å²) in [7, 11) is 1.52. The van der Waals surface area contributed by atoms with Crippen LogP contribution in [0.3, 0.4) is 0 Å². The second kappa shape index (κ2) is 5.61. The van der Waals surface area contributed by atoms with Crippen molar-refractivity contribution in [3.63, 3.8) is 0 Å². The average molecular weight is 274 g/mol. The Morgan fingerprint density at radius 2 is 1.50 bits per heavy atom. The van der Waals surface area contributed by atoms with E-state index in [0.717, 1.165) is 5.39 Å². The van der Waals surface area contributed by atoms with E-state index in [4.69, 9.17) is 14.2 Å². The Balaban J connectivity index is 2.74. The number of benzene rings is 2. The van der Waals surface area contributed by atoms with Crippen molar-refractivity contribution in [3.05, 3.63) is 30.3 Å². The van der Waals surface area contributed by atoms with Crippen LogP contribution in [0.4, 0.5) is 0 Å². The summed E-state index contributed by atoms with van der Waals surface area (Å²) in [5.41, 5.74) is 0. The highest BCUT2D eigenvalue weighted by atomic mass is 16.6. The SMILES string of the molecule is COc1cc(OC(C)=O)c(OC(C)=O)c2ccccc12. The van der Waals surface area contributed by atoms with E-state index in [-0.39, 0.29) is 11.5 Å². The number of ether oxygens (including phenoxy) is 3. The molecule has 0 heterocycles. The van der Waals surface area contributed by atoms with Gasteiger partial charge < -0.3 is 14.2 Å². The van der Waals surface area contributed by atoms with Crippen molar-refractivity contribution in [3.8, 4) is 17.2 Å². The summed E-state index contributed by atoms with van der Waals surface area (Å²) in [6, 6.07) is 8.77. The molecule has 2 aromatic carbocycles. The maximum Gasteiger partial charge on any atom is 0.308 e. The van der Waals surface area contributed by atoms with E-state index in [1.165, 1.54) is 27.0 Å². The minimum absolute atomic E-state index is 0.156. The summed E-state index contributed by atoms with van der Waals surface area (Å²) in [5.74, 6) is -0.0930. The summed E-state index contributed by atoms with van der Waals surface area (Å²) in [6.07, 6.45) is 0. The molecule has 0 saturated carbocycles. The van der Waals surface area contributed by atoms with Gasteiger partial charge in [0.05, 0.1) is 7.11 Å². The molecule has 0 aliphatic heterocycles. The highest BCUT2D eigenvalue weighted by Gasteiger charge is 2.17. The smallest absolute Gasteiger partial charge is 0.308 e. The standard InChI is InChI=1S/C15H14O5/c1-9(16)19-14-8-13(18-3)11-6-4-5-7-12(11)15(14)20-10(2)17/h4-8H,1-3H3. The lowest BCUT2D eigenvalue weighted by atomic mass is 10.1. The van der Waals surface area contributed by atoms with Gasteiger partial charge in [-0.05, 0) is 0 Å². The fraction of sp³-hybridized carbons (Fsp3) is 0.200. The number of hydrogen-bond donors (Lipinski definition) is 0. The Labute approximate surface area is 116 Å². The molecule has 5 heteroatoms. The summed E-state index contributed by atoms with van der Waals surface area (Å²) in [4.78, 5) is 22.4.